The predicted octanol–water partition coefficient (Wildman–Crippen LogP) is 0.127. The van der Waals surface area contributed by atoms with Crippen molar-refractivity contribution in [3.8, 4) is 0 Å². The average Bonchev–Trinajstić information content (AvgIpc) is 2.01. The van der Waals surface area contributed by atoms with E-state index in [1.54, 1.807) is 0 Å². The zero-order valence-electron chi connectivity index (χ0n) is 6.25. The Hall–Kier alpha value is -1.10. The molecule has 0 atom stereocenters. The Morgan fingerprint density at radius 1 is 1.58 bits per heavy atom. The summed E-state index contributed by atoms with van der Waals surface area (Å²) in [6.07, 6.45) is 0. The number of aromatic nitrogens is 2. The maximum atomic E-state index is 12.1. The molecule has 0 fully saturated rings. The molecular formula is C6H6ClFN2O2. The van der Waals surface area contributed by atoms with Gasteiger partial charge in [-0.2, -0.15) is 0 Å². The molecule has 6 heteroatoms. The van der Waals surface area contributed by atoms with Gasteiger partial charge in [0.2, 0.25) is 0 Å². The Labute approximate surface area is 71.8 Å². The third-order valence-electron chi connectivity index (χ3n) is 1.47. The molecule has 0 saturated carbocycles. The minimum atomic E-state index is -1.04. The maximum absolute atomic E-state index is 12.1. The van der Waals surface area contributed by atoms with Gasteiger partial charge < -0.3 is 0 Å². The fourth-order valence-corrected chi connectivity index (χ4v) is 0.962. The molecule has 66 valence electrons. The lowest BCUT2D eigenvalue weighted by Gasteiger charge is -2.03. The lowest BCUT2D eigenvalue weighted by Crippen LogP contribution is -2.37. The van der Waals surface area contributed by atoms with Crippen LogP contribution in [0, 0.1) is 0 Å². The van der Waals surface area contributed by atoms with Crippen LogP contribution in [0.4, 0.5) is 4.39 Å². The zero-order chi connectivity index (χ0) is 9.30. The molecule has 0 spiro atoms. The standard InChI is InChI=1S/C6H6ClFN2O2/c1-9-5(11)2-4(7)10(3-8)6(9)12/h2H,3H2,1H3. The lowest BCUT2D eigenvalue weighted by molar-refractivity contribution is 0.358. The van der Waals surface area contributed by atoms with Gasteiger partial charge in [0.1, 0.15) is 5.15 Å². The highest BCUT2D eigenvalue weighted by Crippen LogP contribution is 2.00. The van der Waals surface area contributed by atoms with Crippen LogP contribution >= 0.6 is 11.6 Å². The molecule has 0 N–H and O–H groups in total. The minimum absolute atomic E-state index is 0.189. The Morgan fingerprint density at radius 3 is 2.67 bits per heavy atom. The molecule has 0 aliphatic rings. The first-order valence-corrected chi connectivity index (χ1v) is 3.48. The van der Waals surface area contributed by atoms with E-state index in [0.29, 0.717) is 4.57 Å². The van der Waals surface area contributed by atoms with Crippen LogP contribution in [0.15, 0.2) is 15.7 Å². The van der Waals surface area contributed by atoms with E-state index in [2.05, 4.69) is 0 Å². The van der Waals surface area contributed by atoms with E-state index in [1.807, 2.05) is 0 Å². The second-order valence-corrected chi connectivity index (χ2v) is 2.58. The molecule has 4 nitrogen and oxygen atoms in total. The minimum Gasteiger partial charge on any atom is -0.269 e. The number of nitrogens with zero attached hydrogens (tertiary/aromatic N) is 2. The van der Waals surface area contributed by atoms with Crippen molar-refractivity contribution in [2.75, 3.05) is 0 Å². The van der Waals surface area contributed by atoms with Gasteiger partial charge in [0.05, 0.1) is 0 Å². The van der Waals surface area contributed by atoms with Gasteiger partial charge in [-0.05, 0) is 0 Å². The van der Waals surface area contributed by atoms with Gasteiger partial charge in [0.25, 0.3) is 5.56 Å². The Kier molecular flexibility index (Phi) is 2.32. The van der Waals surface area contributed by atoms with Crippen molar-refractivity contribution in [2.24, 2.45) is 7.05 Å². The first kappa shape index (κ1) is 8.99. The van der Waals surface area contributed by atoms with Crippen LogP contribution in [0.3, 0.4) is 0 Å². The van der Waals surface area contributed by atoms with Crippen molar-refractivity contribution in [1.29, 1.82) is 0 Å². The Bertz CT molecular complexity index is 409. The monoisotopic (exact) mass is 192 g/mol. The molecule has 0 radical (unpaired) electrons. The third kappa shape index (κ3) is 1.27. The fourth-order valence-electron chi connectivity index (χ4n) is 0.752. The molecule has 0 saturated heterocycles. The number of hydrogen-bond donors (Lipinski definition) is 0. The van der Waals surface area contributed by atoms with Gasteiger partial charge in [0, 0.05) is 13.1 Å². The van der Waals surface area contributed by atoms with Gasteiger partial charge in [-0.3, -0.25) is 13.9 Å². The van der Waals surface area contributed by atoms with E-state index in [9.17, 15) is 14.0 Å². The van der Waals surface area contributed by atoms with E-state index >= 15 is 0 Å². The highest BCUT2D eigenvalue weighted by molar-refractivity contribution is 6.29. The second-order valence-electron chi connectivity index (χ2n) is 2.19. The normalized spacial score (nSPS) is 10.2. The van der Waals surface area contributed by atoms with Crippen molar-refractivity contribution in [3.05, 3.63) is 32.1 Å². The Balaban J connectivity index is 3.63. The number of alkyl halides is 1. The summed E-state index contributed by atoms with van der Waals surface area (Å²) >= 11 is 5.42. The lowest BCUT2D eigenvalue weighted by atomic mass is 10.6. The van der Waals surface area contributed by atoms with Gasteiger partial charge in [-0.1, -0.05) is 11.6 Å². The molecule has 1 heterocycles. The summed E-state index contributed by atoms with van der Waals surface area (Å²) in [5, 5.41) is -0.189. The zero-order valence-corrected chi connectivity index (χ0v) is 7.01. The van der Waals surface area contributed by atoms with Gasteiger partial charge in [-0.25, -0.2) is 9.18 Å². The molecule has 1 aromatic rings. The van der Waals surface area contributed by atoms with Crippen LogP contribution in [0.25, 0.3) is 0 Å². The summed E-state index contributed by atoms with van der Waals surface area (Å²) < 4.78 is 13.6. The van der Waals surface area contributed by atoms with Crippen LogP contribution in [0.1, 0.15) is 0 Å². The number of hydrogen-bond acceptors (Lipinski definition) is 2. The fraction of sp³-hybridized carbons (Fsp3) is 0.333. The van der Waals surface area contributed by atoms with Crippen LogP contribution in [-0.4, -0.2) is 9.13 Å². The molecule has 0 amide bonds. The quantitative estimate of drug-likeness (QED) is 0.594. The highest BCUT2D eigenvalue weighted by Gasteiger charge is 2.05. The van der Waals surface area contributed by atoms with Crippen molar-refractivity contribution in [3.63, 3.8) is 0 Å². The molecule has 0 unspecified atom stereocenters. The van der Waals surface area contributed by atoms with Crippen LogP contribution < -0.4 is 11.2 Å². The largest absolute Gasteiger partial charge is 0.334 e. The summed E-state index contributed by atoms with van der Waals surface area (Å²) in [5.74, 6) is 0. The smallest absolute Gasteiger partial charge is 0.269 e. The number of rotatable bonds is 1. The summed E-state index contributed by atoms with van der Waals surface area (Å²) in [7, 11) is 1.26. The molecule has 1 aromatic heterocycles. The molecular weight excluding hydrogens is 187 g/mol. The summed E-state index contributed by atoms with van der Waals surface area (Å²) in [5.41, 5.74) is -1.30. The van der Waals surface area contributed by atoms with Crippen molar-refractivity contribution in [1.82, 2.24) is 9.13 Å². The average molecular weight is 193 g/mol. The van der Waals surface area contributed by atoms with Crippen molar-refractivity contribution < 1.29 is 4.39 Å². The predicted molar refractivity (Wildman–Crippen MR) is 42.1 cm³/mol. The van der Waals surface area contributed by atoms with Crippen LogP contribution in [-0.2, 0) is 13.8 Å². The van der Waals surface area contributed by atoms with Crippen LogP contribution in [0.5, 0.6) is 0 Å². The van der Waals surface area contributed by atoms with Crippen molar-refractivity contribution >= 4 is 11.6 Å². The molecule has 0 bridgehead atoms. The molecule has 0 aromatic carbocycles. The molecule has 1 rings (SSSR count). The molecule has 0 aliphatic heterocycles. The topological polar surface area (TPSA) is 44.0 Å². The van der Waals surface area contributed by atoms with E-state index in [4.69, 9.17) is 11.6 Å². The van der Waals surface area contributed by atoms with Gasteiger partial charge in [0.15, 0.2) is 6.80 Å². The van der Waals surface area contributed by atoms with Gasteiger partial charge in [-0.15, -0.1) is 0 Å². The van der Waals surface area contributed by atoms with E-state index in [1.165, 1.54) is 7.05 Å². The van der Waals surface area contributed by atoms with Crippen LogP contribution in [0.2, 0.25) is 5.15 Å². The first-order chi connectivity index (χ1) is 5.57. The summed E-state index contributed by atoms with van der Waals surface area (Å²) in [6, 6.07) is 0.989. The van der Waals surface area contributed by atoms with E-state index < -0.39 is 18.0 Å². The van der Waals surface area contributed by atoms with E-state index in [-0.39, 0.29) is 5.15 Å². The van der Waals surface area contributed by atoms with Gasteiger partial charge >= 0.3 is 5.69 Å². The maximum Gasteiger partial charge on any atom is 0.334 e. The summed E-state index contributed by atoms with van der Waals surface area (Å²) in [6.45, 7) is -1.04. The first-order valence-electron chi connectivity index (χ1n) is 3.10. The summed E-state index contributed by atoms with van der Waals surface area (Å²) in [4.78, 5) is 21.9. The molecule has 12 heavy (non-hydrogen) atoms. The molecule has 0 aliphatic carbocycles. The second kappa shape index (κ2) is 3.10. The number of halogens is 2. The van der Waals surface area contributed by atoms with E-state index in [0.717, 1.165) is 10.6 Å². The van der Waals surface area contributed by atoms with Crippen molar-refractivity contribution in [2.45, 2.75) is 6.80 Å². The Morgan fingerprint density at radius 2 is 2.17 bits per heavy atom. The SMILES string of the molecule is Cn1c(=O)cc(Cl)n(CF)c1=O. The third-order valence-corrected chi connectivity index (χ3v) is 1.78. The highest BCUT2D eigenvalue weighted by atomic mass is 35.5.